The molecule has 388 valence electrons. The molecule has 2 aromatic rings. The Bertz CT molecular complexity index is 2000. The molecular weight excluding hydrogens is 881 g/mol. The number of ether oxygens (including phenoxy) is 5. The zero-order valence-electron chi connectivity index (χ0n) is 44.1. The van der Waals surface area contributed by atoms with Crippen LogP contribution in [-0.2, 0) is 23.8 Å². The Morgan fingerprint density at radius 1 is 0.614 bits per heavy atom. The van der Waals surface area contributed by atoms with Crippen molar-refractivity contribution in [2.75, 3.05) is 39.6 Å². The van der Waals surface area contributed by atoms with Crippen molar-refractivity contribution in [1.82, 2.24) is 0 Å². The smallest absolute Gasteiger partial charge is 0.332 e. The van der Waals surface area contributed by atoms with E-state index in [1.54, 1.807) is 0 Å². The third-order valence-corrected chi connectivity index (χ3v) is 13.3. The summed E-state index contributed by atoms with van der Waals surface area (Å²) in [5.74, 6) is 0.465. The van der Waals surface area contributed by atoms with Gasteiger partial charge in [0.25, 0.3) is 0 Å². The lowest BCUT2D eigenvalue weighted by molar-refractivity contribution is -0.159. The van der Waals surface area contributed by atoms with Gasteiger partial charge in [0.1, 0.15) is 30.3 Å². The van der Waals surface area contributed by atoms with E-state index in [-0.39, 0.29) is 40.8 Å². The fraction of sp³-hybridized carbons (Fsp3) is 0.567. The molecule has 2 aliphatic rings. The lowest BCUT2D eigenvalue weighted by atomic mass is 9.71. The number of carboxylic acid groups (broad SMARTS) is 1. The zero-order chi connectivity index (χ0) is 51.5. The van der Waals surface area contributed by atoms with E-state index < -0.39 is 23.8 Å². The molecule has 2 saturated carbocycles. The molecule has 4 atom stereocenters. The molecule has 70 heavy (non-hydrogen) atoms. The number of esters is 1. The minimum Gasteiger partial charge on any atom is -0.494 e. The molecule has 2 fully saturated rings. The van der Waals surface area contributed by atoms with Gasteiger partial charge in [0, 0.05) is 10.8 Å². The summed E-state index contributed by atoms with van der Waals surface area (Å²) in [6.07, 6.45) is 31.5. The largest absolute Gasteiger partial charge is 0.494 e. The first-order chi connectivity index (χ1) is 33.1. The Hall–Kier alpha value is -4.74. The highest BCUT2D eigenvalue weighted by molar-refractivity contribution is 5.71. The van der Waals surface area contributed by atoms with Gasteiger partial charge in [-0.05, 0) is 120 Å². The van der Waals surface area contributed by atoms with E-state index in [0.717, 1.165) is 75.7 Å². The number of hydrogen-bond donors (Lipinski definition) is 3. The van der Waals surface area contributed by atoms with Crippen molar-refractivity contribution in [3.63, 3.8) is 0 Å². The van der Waals surface area contributed by atoms with E-state index in [4.69, 9.17) is 28.8 Å². The van der Waals surface area contributed by atoms with E-state index in [9.17, 15) is 19.8 Å². The highest BCUT2D eigenvalue weighted by Gasteiger charge is 2.31. The first kappa shape index (κ1) is 59.6. The Morgan fingerprint density at radius 3 is 1.43 bits per heavy atom. The Kier molecular flexibility index (Phi) is 25.7. The number of benzene rings is 2. The van der Waals surface area contributed by atoms with Crippen molar-refractivity contribution in [2.24, 2.45) is 21.7 Å². The molecule has 2 aromatic carbocycles. The molecule has 4 rings (SSSR count). The van der Waals surface area contributed by atoms with Crippen molar-refractivity contribution in [2.45, 2.75) is 157 Å². The van der Waals surface area contributed by atoms with Gasteiger partial charge in [-0.2, -0.15) is 0 Å². The number of aliphatic hydroxyl groups is 2. The van der Waals surface area contributed by atoms with Crippen LogP contribution in [-0.4, -0.2) is 84.7 Å². The van der Waals surface area contributed by atoms with Crippen LogP contribution < -0.4 is 9.47 Å². The first-order valence-corrected chi connectivity index (χ1v) is 25.6. The van der Waals surface area contributed by atoms with E-state index in [2.05, 4.69) is 65.8 Å². The maximum atomic E-state index is 11.9. The molecule has 2 unspecified atom stereocenters. The number of allylic oxidation sites excluding steroid dienone is 8. The molecule has 3 N–H and O–H groups in total. The summed E-state index contributed by atoms with van der Waals surface area (Å²) in [5, 5.41) is 30.2. The van der Waals surface area contributed by atoms with Gasteiger partial charge in [-0.25, -0.2) is 9.59 Å². The minimum absolute atomic E-state index is 0.0393. The van der Waals surface area contributed by atoms with E-state index >= 15 is 0 Å². The monoisotopic (exact) mass is 969 g/mol. The summed E-state index contributed by atoms with van der Waals surface area (Å²) in [7, 11) is 0. The standard InChI is InChI=1S/C32H48O5.C28H40O5/c1-30(2,3)37-29(34)25-35-24-19-26-15-10-12-21-32(26,6)22-13-11-18-28(33)31(4,5)20-14-23-36-27-16-8-7-9-17-27;1-27(2,17-11-20-33-24-13-5-4-6-14-24)25(29)15-8-10-19-28(3)18-9-7-12-23(28)16-21-32-22-26(30)31/h7-9,11,13,16-19,22,28,33H,10,12,14-15,20-21,23-25H2,1-6H3;4-6,8,10,13-16,19,25,29H,7,9,11-12,17-18,20-22H2,1-3H3,(H,30,31)/b18-11+,22-13+,26-19+;15-8+,19-10+,23-16+/t28?,32-;25?,28-/m00/s1. The summed E-state index contributed by atoms with van der Waals surface area (Å²) in [5.41, 5.74) is 1.53. The van der Waals surface area contributed by atoms with Crippen LogP contribution in [0.5, 0.6) is 11.5 Å². The molecule has 0 aromatic heterocycles. The van der Waals surface area contributed by atoms with Crippen LogP contribution in [0.25, 0.3) is 0 Å². The molecule has 0 heterocycles. The third-order valence-electron chi connectivity index (χ3n) is 13.3. The lowest BCUT2D eigenvalue weighted by Crippen LogP contribution is -2.28. The molecule has 0 bridgehead atoms. The summed E-state index contributed by atoms with van der Waals surface area (Å²) >= 11 is 0. The highest BCUT2D eigenvalue weighted by atomic mass is 16.6. The lowest BCUT2D eigenvalue weighted by Gasteiger charge is -2.34. The third kappa shape index (κ3) is 23.4. The van der Waals surface area contributed by atoms with E-state index in [1.807, 2.05) is 118 Å². The van der Waals surface area contributed by atoms with Gasteiger partial charge in [-0.1, -0.05) is 163 Å². The summed E-state index contributed by atoms with van der Waals surface area (Å²) in [6, 6.07) is 19.6. The normalized spacial score (nSPS) is 21.3. The van der Waals surface area contributed by atoms with Crippen LogP contribution in [0.15, 0.2) is 133 Å². The van der Waals surface area contributed by atoms with Crippen LogP contribution in [0, 0.1) is 21.7 Å². The molecular formula is C60H88O10. The molecule has 0 spiro atoms. The molecule has 0 amide bonds. The van der Waals surface area contributed by atoms with Crippen molar-refractivity contribution in [1.29, 1.82) is 0 Å². The van der Waals surface area contributed by atoms with Crippen molar-refractivity contribution in [3.8, 4) is 11.5 Å². The van der Waals surface area contributed by atoms with Gasteiger partial charge in [-0.15, -0.1) is 0 Å². The van der Waals surface area contributed by atoms with Crippen LogP contribution in [0.2, 0.25) is 0 Å². The molecule has 0 aliphatic heterocycles. The van der Waals surface area contributed by atoms with E-state index in [0.29, 0.717) is 26.4 Å². The summed E-state index contributed by atoms with van der Waals surface area (Å²) < 4.78 is 27.6. The van der Waals surface area contributed by atoms with Gasteiger partial charge in [0.15, 0.2) is 0 Å². The van der Waals surface area contributed by atoms with Gasteiger partial charge in [0.2, 0.25) is 0 Å². The predicted molar refractivity (Wildman–Crippen MR) is 283 cm³/mol. The highest BCUT2D eigenvalue weighted by Crippen LogP contribution is 2.43. The summed E-state index contributed by atoms with van der Waals surface area (Å²) in [6.45, 7) is 20.0. The van der Waals surface area contributed by atoms with E-state index in [1.165, 1.54) is 24.0 Å². The quantitative estimate of drug-likeness (QED) is 0.0361. The van der Waals surface area contributed by atoms with Crippen molar-refractivity contribution < 1.29 is 48.6 Å². The van der Waals surface area contributed by atoms with Gasteiger partial charge >= 0.3 is 11.9 Å². The van der Waals surface area contributed by atoms with Crippen LogP contribution >= 0.6 is 0 Å². The van der Waals surface area contributed by atoms with Crippen LogP contribution in [0.1, 0.15) is 139 Å². The number of aliphatic carboxylic acids is 1. The molecule has 2 aliphatic carbocycles. The fourth-order valence-corrected chi connectivity index (χ4v) is 8.70. The topological polar surface area (TPSA) is 141 Å². The second-order valence-corrected chi connectivity index (χ2v) is 21.6. The number of carbonyl (C=O) groups is 2. The first-order valence-electron chi connectivity index (χ1n) is 25.6. The fourth-order valence-electron chi connectivity index (χ4n) is 8.70. The van der Waals surface area contributed by atoms with Crippen molar-refractivity contribution in [3.05, 3.63) is 133 Å². The SMILES string of the molecule is CC(C)(C)OC(=O)COC/C=C1\CCCC[C@@]1(C)/C=C/C=C/C(O)C(C)(C)CCCOc1ccccc1.CC(C)(CCCOc1ccccc1)C(O)/C=C/C=C/[C@]1(C)CCCC/C1=C\COCC(=O)O. The number of hydrogen-bond acceptors (Lipinski definition) is 9. The maximum absolute atomic E-state index is 11.9. The minimum atomic E-state index is -0.949. The Morgan fingerprint density at radius 2 is 1.03 bits per heavy atom. The Labute approximate surface area is 421 Å². The number of aliphatic hydroxyl groups excluding tert-OH is 2. The molecule has 10 nitrogen and oxygen atoms in total. The second kappa shape index (κ2) is 30.2. The molecule has 0 radical (unpaired) electrons. The average Bonchev–Trinajstić information content (AvgIpc) is 3.31. The van der Waals surface area contributed by atoms with Crippen LogP contribution in [0.4, 0.5) is 0 Å². The summed E-state index contributed by atoms with van der Waals surface area (Å²) in [4.78, 5) is 22.5. The molecule has 0 saturated heterocycles. The maximum Gasteiger partial charge on any atom is 0.332 e. The predicted octanol–water partition coefficient (Wildman–Crippen LogP) is 13.2. The molecule has 10 heteroatoms. The number of para-hydroxylation sites is 2. The number of carboxylic acids is 1. The second-order valence-electron chi connectivity index (χ2n) is 21.6. The van der Waals surface area contributed by atoms with Gasteiger partial charge in [-0.3, -0.25) is 0 Å². The number of carbonyl (C=O) groups excluding carboxylic acids is 1. The zero-order valence-corrected chi connectivity index (χ0v) is 44.1. The number of rotatable bonds is 26. The average molecular weight is 969 g/mol. The Balaban J connectivity index is 0.000000373. The van der Waals surface area contributed by atoms with Gasteiger partial charge in [0.05, 0.1) is 38.6 Å². The van der Waals surface area contributed by atoms with Gasteiger partial charge < -0.3 is 39.0 Å². The van der Waals surface area contributed by atoms with Crippen molar-refractivity contribution >= 4 is 11.9 Å². The van der Waals surface area contributed by atoms with Crippen LogP contribution in [0.3, 0.4) is 0 Å².